The lowest BCUT2D eigenvalue weighted by atomic mass is 10.2. The van der Waals surface area contributed by atoms with Gasteiger partial charge in [-0.2, -0.15) is 4.37 Å². The number of hydrogen-bond donors (Lipinski definition) is 0. The molecule has 1 fully saturated rings. The van der Waals surface area contributed by atoms with Gasteiger partial charge in [-0.05, 0) is 54.2 Å². The number of aromatic nitrogens is 4. The molecule has 0 saturated heterocycles. The van der Waals surface area contributed by atoms with Gasteiger partial charge in [-0.3, -0.25) is 18.9 Å². The van der Waals surface area contributed by atoms with Crippen LogP contribution >= 0.6 is 11.5 Å². The molecule has 1 saturated carbocycles. The van der Waals surface area contributed by atoms with Gasteiger partial charge in [0.05, 0.1) is 24.9 Å². The van der Waals surface area contributed by atoms with Crippen LogP contribution in [0.3, 0.4) is 0 Å². The molecule has 0 bridgehead atoms. The highest BCUT2D eigenvalue weighted by molar-refractivity contribution is 7.13. The minimum atomic E-state index is -0.301. The molecule has 1 aliphatic rings. The lowest BCUT2D eigenvalue weighted by Gasteiger charge is -2.13. The normalized spacial score (nSPS) is 13.7. The predicted octanol–water partition coefficient (Wildman–Crippen LogP) is 3.07. The Morgan fingerprint density at radius 2 is 2.03 bits per heavy atom. The summed E-state index contributed by atoms with van der Waals surface area (Å²) in [7, 11) is 1.61. The number of methoxy groups -OCH3 is 1. The fourth-order valence-corrected chi connectivity index (χ4v) is 4.36. The molecular formula is C21H18N4O3S. The predicted molar refractivity (Wildman–Crippen MR) is 112 cm³/mol. The number of fused-ring (bicyclic) bond motifs is 1. The Hall–Kier alpha value is -3.26. The summed E-state index contributed by atoms with van der Waals surface area (Å²) in [5, 5.41) is 0. The molecule has 146 valence electrons. The van der Waals surface area contributed by atoms with Gasteiger partial charge in [-0.25, -0.2) is 4.79 Å². The summed E-state index contributed by atoms with van der Waals surface area (Å²) in [6.45, 7) is 0.317. The zero-order chi connectivity index (χ0) is 20.0. The minimum Gasteiger partial charge on any atom is -0.497 e. The Labute approximate surface area is 170 Å². The van der Waals surface area contributed by atoms with E-state index in [4.69, 9.17) is 4.74 Å². The topological polar surface area (TPSA) is 79.0 Å². The van der Waals surface area contributed by atoms with Gasteiger partial charge < -0.3 is 4.74 Å². The molecule has 0 N–H and O–H groups in total. The lowest BCUT2D eigenvalue weighted by molar-refractivity contribution is 0.414. The maximum absolute atomic E-state index is 13.4. The fourth-order valence-electron chi connectivity index (χ4n) is 3.52. The zero-order valence-corrected chi connectivity index (χ0v) is 16.6. The molecule has 8 heteroatoms. The second kappa shape index (κ2) is 6.97. The summed E-state index contributed by atoms with van der Waals surface area (Å²) in [5.74, 6) is 0.718. The highest BCUT2D eigenvalue weighted by atomic mass is 32.1. The van der Waals surface area contributed by atoms with Crippen LogP contribution in [0.2, 0.25) is 0 Å². The SMILES string of the molecule is COc1cccc(Cn2c(=O)n(C3CC3)c(=O)c3snc(-c4ccccn4)c32)c1. The molecule has 1 aliphatic carbocycles. The zero-order valence-electron chi connectivity index (χ0n) is 15.7. The third-order valence-corrected chi connectivity index (χ3v) is 5.91. The van der Waals surface area contributed by atoms with Crippen molar-refractivity contribution in [1.82, 2.24) is 18.5 Å². The third kappa shape index (κ3) is 3.05. The standard InChI is InChI=1S/C21H18N4O3S/c1-28-15-6-4-5-13(11-15)12-24-18-17(16-7-2-3-10-22-16)23-29-19(18)20(26)25(21(24)27)14-8-9-14/h2-7,10-11,14H,8-9,12H2,1H3. The van der Waals surface area contributed by atoms with E-state index in [1.807, 2.05) is 42.5 Å². The maximum Gasteiger partial charge on any atom is 0.332 e. The van der Waals surface area contributed by atoms with Crippen LogP contribution in [0.25, 0.3) is 21.6 Å². The van der Waals surface area contributed by atoms with Gasteiger partial charge >= 0.3 is 5.69 Å². The molecule has 0 aliphatic heterocycles. The Bertz CT molecular complexity index is 1320. The molecule has 4 aromatic rings. The third-order valence-electron chi connectivity index (χ3n) is 5.08. The molecule has 3 aromatic heterocycles. The van der Waals surface area contributed by atoms with E-state index in [0.717, 1.165) is 35.7 Å². The van der Waals surface area contributed by atoms with Crippen LogP contribution in [-0.2, 0) is 6.54 Å². The van der Waals surface area contributed by atoms with Crippen molar-refractivity contribution in [3.63, 3.8) is 0 Å². The molecule has 29 heavy (non-hydrogen) atoms. The van der Waals surface area contributed by atoms with Crippen molar-refractivity contribution in [1.29, 1.82) is 0 Å². The van der Waals surface area contributed by atoms with Crippen LogP contribution in [0.15, 0.2) is 58.3 Å². The highest BCUT2D eigenvalue weighted by Gasteiger charge is 2.30. The van der Waals surface area contributed by atoms with Gasteiger partial charge in [-0.15, -0.1) is 0 Å². The van der Waals surface area contributed by atoms with Crippen molar-refractivity contribution >= 4 is 21.7 Å². The van der Waals surface area contributed by atoms with Crippen molar-refractivity contribution in [2.45, 2.75) is 25.4 Å². The maximum atomic E-state index is 13.4. The molecule has 7 nitrogen and oxygen atoms in total. The lowest BCUT2D eigenvalue weighted by Crippen LogP contribution is -2.39. The van der Waals surface area contributed by atoms with Crippen molar-refractivity contribution in [3.8, 4) is 17.1 Å². The van der Waals surface area contributed by atoms with Crippen LogP contribution in [0, 0.1) is 0 Å². The number of benzene rings is 1. The second-order valence-corrected chi connectivity index (χ2v) is 7.82. The van der Waals surface area contributed by atoms with Gasteiger partial charge in [0.2, 0.25) is 0 Å². The van der Waals surface area contributed by atoms with Crippen molar-refractivity contribution in [3.05, 3.63) is 75.1 Å². The number of hydrogen-bond acceptors (Lipinski definition) is 6. The summed E-state index contributed by atoms with van der Waals surface area (Å²) in [5.41, 5.74) is 2.10. The van der Waals surface area contributed by atoms with E-state index in [0.29, 0.717) is 28.1 Å². The van der Waals surface area contributed by atoms with Crippen LogP contribution in [0.4, 0.5) is 0 Å². The molecule has 0 amide bonds. The van der Waals surface area contributed by atoms with Crippen molar-refractivity contribution in [2.75, 3.05) is 7.11 Å². The van der Waals surface area contributed by atoms with Gasteiger partial charge in [0.15, 0.2) is 0 Å². The van der Waals surface area contributed by atoms with E-state index in [1.165, 1.54) is 4.57 Å². The van der Waals surface area contributed by atoms with Crippen LogP contribution in [-0.4, -0.2) is 25.6 Å². The van der Waals surface area contributed by atoms with Crippen LogP contribution in [0.1, 0.15) is 24.4 Å². The van der Waals surface area contributed by atoms with E-state index in [2.05, 4.69) is 9.36 Å². The average molecular weight is 406 g/mol. The van der Waals surface area contributed by atoms with E-state index in [9.17, 15) is 9.59 Å². The molecule has 0 spiro atoms. The van der Waals surface area contributed by atoms with Gasteiger partial charge in [0.25, 0.3) is 5.56 Å². The van der Waals surface area contributed by atoms with Crippen LogP contribution in [0.5, 0.6) is 5.75 Å². The largest absolute Gasteiger partial charge is 0.497 e. The second-order valence-electron chi connectivity index (χ2n) is 7.05. The van der Waals surface area contributed by atoms with E-state index in [-0.39, 0.29) is 17.3 Å². The molecule has 3 heterocycles. The van der Waals surface area contributed by atoms with Crippen molar-refractivity contribution < 1.29 is 4.74 Å². The monoisotopic (exact) mass is 406 g/mol. The quantitative estimate of drug-likeness (QED) is 0.509. The minimum absolute atomic E-state index is 0.0173. The Morgan fingerprint density at radius 1 is 1.17 bits per heavy atom. The highest BCUT2D eigenvalue weighted by Crippen LogP contribution is 2.34. The molecule has 1 aromatic carbocycles. The summed E-state index contributed by atoms with van der Waals surface area (Å²) in [4.78, 5) is 30.8. The number of ether oxygens (including phenoxy) is 1. The van der Waals surface area contributed by atoms with E-state index >= 15 is 0 Å². The van der Waals surface area contributed by atoms with Gasteiger partial charge in [0, 0.05) is 12.2 Å². The van der Waals surface area contributed by atoms with E-state index < -0.39 is 0 Å². The molecule has 0 atom stereocenters. The van der Waals surface area contributed by atoms with Crippen LogP contribution < -0.4 is 16.0 Å². The molecule has 5 rings (SSSR count). The molecule has 0 unspecified atom stereocenters. The summed E-state index contributed by atoms with van der Waals surface area (Å²) < 4.78 is 13.4. The summed E-state index contributed by atoms with van der Waals surface area (Å²) >= 11 is 1.13. The van der Waals surface area contributed by atoms with E-state index in [1.54, 1.807) is 17.9 Å². The van der Waals surface area contributed by atoms with Gasteiger partial charge in [0.1, 0.15) is 16.1 Å². The average Bonchev–Trinajstić information content (AvgIpc) is 3.48. The van der Waals surface area contributed by atoms with Gasteiger partial charge in [-0.1, -0.05) is 18.2 Å². The molecule has 0 radical (unpaired) electrons. The summed E-state index contributed by atoms with van der Waals surface area (Å²) in [6.07, 6.45) is 3.38. The first kappa shape index (κ1) is 17.8. The first-order valence-electron chi connectivity index (χ1n) is 9.36. The smallest absolute Gasteiger partial charge is 0.332 e. The Kier molecular flexibility index (Phi) is 4.28. The number of pyridine rings is 1. The number of rotatable bonds is 5. The Balaban J connectivity index is 1.78. The Morgan fingerprint density at radius 3 is 2.76 bits per heavy atom. The fraction of sp³-hybridized carbons (Fsp3) is 0.238. The first-order valence-corrected chi connectivity index (χ1v) is 10.1. The van der Waals surface area contributed by atoms with Crippen molar-refractivity contribution in [2.24, 2.45) is 0 Å². The first-order chi connectivity index (χ1) is 14.2. The molecular weight excluding hydrogens is 388 g/mol. The number of nitrogens with zero attached hydrogens (tertiary/aromatic N) is 4. The summed E-state index contributed by atoms with van der Waals surface area (Å²) in [6, 6.07) is 13.1.